The van der Waals surface area contributed by atoms with Crippen LogP contribution in [0.1, 0.15) is 43.9 Å². The van der Waals surface area contributed by atoms with E-state index in [4.69, 9.17) is 36.3 Å². The lowest BCUT2D eigenvalue weighted by Gasteiger charge is -2.27. The number of aromatic nitrogens is 3. The maximum Gasteiger partial charge on any atom is 0.305 e. The first-order valence-electron chi connectivity index (χ1n) is 10.6. The van der Waals surface area contributed by atoms with Gasteiger partial charge in [-0.2, -0.15) is 0 Å². The van der Waals surface area contributed by atoms with E-state index in [1.165, 1.54) is 4.52 Å². The molecule has 5 atom stereocenters. The molecule has 0 aliphatic carbocycles. The third-order valence-electron chi connectivity index (χ3n) is 6.04. The van der Waals surface area contributed by atoms with Gasteiger partial charge in [-0.1, -0.05) is 30.7 Å². The summed E-state index contributed by atoms with van der Waals surface area (Å²) < 4.78 is 25.8. The van der Waals surface area contributed by atoms with Crippen molar-refractivity contribution < 1.29 is 23.7 Å². The fraction of sp³-hybridized carbons (Fsp3) is 0.409. The maximum absolute atomic E-state index is 12.3. The molecule has 10 nitrogen and oxygen atoms in total. The van der Waals surface area contributed by atoms with Crippen LogP contribution in [0.4, 0.5) is 5.95 Å². The summed E-state index contributed by atoms with van der Waals surface area (Å²) >= 11 is 6.02. The molecule has 33 heavy (non-hydrogen) atoms. The Labute approximate surface area is 193 Å². The molecule has 5 rings (SSSR count). The van der Waals surface area contributed by atoms with Crippen molar-refractivity contribution >= 4 is 29.0 Å². The third-order valence-corrected chi connectivity index (χ3v) is 6.29. The van der Waals surface area contributed by atoms with Crippen LogP contribution in [-0.2, 0) is 23.7 Å². The minimum atomic E-state index is -0.971. The molecule has 2 fully saturated rings. The van der Waals surface area contributed by atoms with Crippen molar-refractivity contribution in [3.05, 3.63) is 63.0 Å². The Balaban J connectivity index is 1.53. The largest absolute Gasteiger partial charge is 0.463 e. The fourth-order valence-electron chi connectivity index (χ4n) is 4.42. The number of benzene rings is 1. The molecule has 0 amide bonds. The first-order valence-corrected chi connectivity index (χ1v) is 10.9. The zero-order valence-corrected chi connectivity index (χ0v) is 18.7. The second kappa shape index (κ2) is 8.14. The summed E-state index contributed by atoms with van der Waals surface area (Å²) in [4.78, 5) is 26.6. The number of fused-ring (bicyclic) bond motifs is 2. The molecule has 1 aromatic carbocycles. The van der Waals surface area contributed by atoms with Gasteiger partial charge in [-0.05, 0) is 31.2 Å². The Kier molecular flexibility index (Phi) is 5.40. The third kappa shape index (κ3) is 3.68. The maximum atomic E-state index is 12.3. The molecule has 0 saturated carbocycles. The number of esters is 1. The Morgan fingerprint density at radius 3 is 2.76 bits per heavy atom. The van der Waals surface area contributed by atoms with E-state index >= 15 is 0 Å². The van der Waals surface area contributed by atoms with Crippen LogP contribution >= 0.6 is 11.6 Å². The predicted molar refractivity (Wildman–Crippen MR) is 118 cm³/mol. The number of carbonyl (C=O) groups is 1. The molecule has 2 aliphatic rings. The fourth-order valence-corrected chi connectivity index (χ4v) is 4.54. The highest BCUT2D eigenvalue weighted by Gasteiger charge is 2.62. The van der Waals surface area contributed by atoms with E-state index in [9.17, 15) is 9.59 Å². The first-order chi connectivity index (χ1) is 15.8. The highest BCUT2D eigenvalue weighted by molar-refractivity contribution is 6.30. The number of ether oxygens (including phenoxy) is 4. The van der Waals surface area contributed by atoms with Crippen molar-refractivity contribution in [2.24, 2.45) is 0 Å². The van der Waals surface area contributed by atoms with E-state index in [-0.39, 0.29) is 30.5 Å². The van der Waals surface area contributed by atoms with Crippen molar-refractivity contribution in [2.75, 3.05) is 12.3 Å². The summed E-state index contributed by atoms with van der Waals surface area (Å²) in [7, 11) is 0. The van der Waals surface area contributed by atoms with Gasteiger partial charge in [0.15, 0.2) is 6.29 Å². The van der Waals surface area contributed by atoms with Gasteiger partial charge in [-0.3, -0.25) is 14.6 Å². The number of carbonyl (C=O) groups excluding carboxylic acids is 1. The van der Waals surface area contributed by atoms with E-state index < -0.39 is 30.2 Å². The molecule has 0 spiro atoms. The Hall–Kier alpha value is -2.92. The number of anilines is 1. The Morgan fingerprint density at radius 1 is 1.27 bits per heavy atom. The molecule has 3 N–H and O–H groups in total. The first kappa shape index (κ1) is 21.9. The van der Waals surface area contributed by atoms with Gasteiger partial charge < -0.3 is 24.7 Å². The average Bonchev–Trinajstić information content (AvgIpc) is 3.42. The molecule has 0 bridgehead atoms. The molecule has 0 radical (unpaired) electrons. The summed E-state index contributed by atoms with van der Waals surface area (Å²) in [6.07, 6.45) is -2.27. The molecular formula is C22H23ClN4O6. The van der Waals surface area contributed by atoms with Crippen LogP contribution in [0, 0.1) is 0 Å². The minimum Gasteiger partial charge on any atom is -0.463 e. The van der Waals surface area contributed by atoms with Crippen molar-refractivity contribution in [3.63, 3.8) is 0 Å². The summed E-state index contributed by atoms with van der Waals surface area (Å²) in [5, 5.41) is 4.85. The second-order valence-corrected chi connectivity index (χ2v) is 8.66. The van der Waals surface area contributed by atoms with Gasteiger partial charge in [-0.25, -0.2) is 4.52 Å². The van der Waals surface area contributed by atoms with Crippen LogP contribution in [0.2, 0.25) is 5.02 Å². The number of H-pyrrole nitrogens is 1. The number of nitrogens with zero attached hydrogens (tertiary/aromatic N) is 2. The van der Waals surface area contributed by atoms with E-state index in [2.05, 4.69) is 10.1 Å². The normalized spacial score (nSPS) is 28.8. The number of nitrogens with one attached hydrogen (secondary N) is 1. The van der Waals surface area contributed by atoms with Gasteiger partial charge in [-0.15, -0.1) is 5.10 Å². The molecule has 11 heteroatoms. The number of hydrogen-bond donors (Lipinski definition) is 2. The van der Waals surface area contributed by atoms with Crippen molar-refractivity contribution in [1.29, 1.82) is 0 Å². The summed E-state index contributed by atoms with van der Waals surface area (Å²) in [6.45, 7) is 3.59. The summed E-state index contributed by atoms with van der Waals surface area (Å²) in [5.41, 5.74) is 6.11. The van der Waals surface area contributed by atoms with Gasteiger partial charge in [0.1, 0.15) is 36.0 Å². The zero-order chi connectivity index (χ0) is 23.3. The number of halogens is 1. The van der Waals surface area contributed by atoms with Gasteiger partial charge >= 0.3 is 5.97 Å². The number of hydrogen-bond acceptors (Lipinski definition) is 8. The molecule has 2 saturated heterocycles. The standard InChI is InChI=1S/C22H23ClN4O6/c1-3-16(28)30-10-15-18-22(2,33-20(32-18)11-4-6-12(23)7-5-11)17(31-15)13-8-9-14-19(29)25-21(24)26-27(13)14/h4-9,15,17-18,20H,3,10H2,1-2H3,(H3,24,25,26,29)/t15-,17+,18-,20?,22+/m1/s1. The number of nitrogens with two attached hydrogens (primary N) is 1. The van der Waals surface area contributed by atoms with Crippen LogP contribution in [-0.4, -0.2) is 45.0 Å². The monoisotopic (exact) mass is 474 g/mol. The van der Waals surface area contributed by atoms with Crippen LogP contribution in [0.3, 0.4) is 0 Å². The topological polar surface area (TPSA) is 130 Å². The lowest BCUT2D eigenvalue weighted by atomic mass is 9.91. The lowest BCUT2D eigenvalue weighted by Crippen LogP contribution is -2.41. The molecular weight excluding hydrogens is 452 g/mol. The Morgan fingerprint density at radius 2 is 2.03 bits per heavy atom. The van der Waals surface area contributed by atoms with E-state index in [1.54, 1.807) is 31.2 Å². The molecule has 1 unspecified atom stereocenters. The van der Waals surface area contributed by atoms with E-state index in [0.717, 1.165) is 5.56 Å². The molecule has 3 aromatic rings. The van der Waals surface area contributed by atoms with Crippen LogP contribution in [0.15, 0.2) is 41.2 Å². The summed E-state index contributed by atoms with van der Waals surface area (Å²) in [6, 6.07) is 10.5. The Bertz CT molecular complexity index is 1260. The zero-order valence-electron chi connectivity index (χ0n) is 18.0. The van der Waals surface area contributed by atoms with Crippen molar-refractivity contribution in [2.45, 2.75) is 50.5 Å². The highest BCUT2D eigenvalue weighted by atomic mass is 35.5. The van der Waals surface area contributed by atoms with E-state index in [0.29, 0.717) is 16.2 Å². The van der Waals surface area contributed by atoms with Gasteiger partial charge in [0, 0.05) is 17.0 Å². The van der Waals surface area contributed by atoms with Gasteiger partial charge in [0.25, 0.3) is 5.56 Å². The lowest BCUT2D eigenvalue weighted by molar-refractivity contribution is -0.167. The minimum absolute atomic E-state index is 0.000410. The number of nitrogen functional groups attached to an aromatic ring is 1. The molecule has 174 valence electrons. The molecule has 2 aliphatic heterocycles. The van der Waals surface area contributed by atoms with Crippen LogP contribution in [0.5, 0.6) is 0 Å². The molecule has 4 heterocycles. The van der Waals surface area contributed by atoms with Gasteiger partial charge in [0.05, 0.1) is 5.69 Å². The van der Waals surface area contributed by atoms with Crippen LogP contribution in [0.25, 0.3) is 5.52 Å². The highest BCUT2D eigenvalue weighted by Crippen LogP contribution is 2.53. The molecule has 2 aromatic heterocycles. The quantitative estimate of drug-likeness (QED) is 0.539. The number of rotatable bonds is 5. The van der Waals surface area contributed by atoms with E-state index in [1.807, 2.05) is 19.1 Å². The summed E-state index contributed by atoms with van der Waals surface area (Å²) in [5.74, 6) is -0.369. The average molecular weight is 475 g/mol. The van der Waals surface area contributed by atoms with Crippen LogP contribution < -0.4 is 11.3 Å². The smallest absolute Gasteiger partial charge is 0.305 e. The van der Waals surface area contributed by atoms with Crippen molar-refractivity contribution in [1.82, 2.24) is 14.6 Å². The van der Waals surface area contributed by atoms with Gasteiger partial charge in [0.2, 0.25) is 5.95 Å². The van der Waals surface area contributed by atoms with Crippen molar-refractivity contribution in [3.8, 4) is 0 Å². The second-order valence-electron chi connectivity index (χ2n) is 8.23. The SMILES string of the molecule is CCC(=O)OC[C@H]1O[C@@H](c2ccc3c(=O)[nH]c(N)nn23)[C@]2(C)OC(c3ccc(Cl)cc3)O[C@H]12. The predicted octanol–water partition coefficient (Wildman–Crippen LogP) is 2.52. The number of aromatic amines is 1.